The smallest absolute Gasteiger partial charge is 0.357 e. The largest absolute Gasteiger partial charge is 0.461 e. The number of ether oxygens (including phenoxy) is 1. The number of rotatable bonds is 5. The summed E-state index contributed by atoms with van der Waals surface area (Å²) in [6.45, 7) is 2.33. The fourth-order valence-electron chi connectivity index (χ4n) is 1.41. The van der Waals surface area contributed by atoms with Gasteiger partial charge in [0.1, 0.15) is 10.7 Å². The van der Waals surface area contributed by atoms with Gasteiger partial charge in [-0.05, 0) is 19.1 Å². The van der Waals surface area contributed by atoms with Crippen LogP contribution < -0.4 is 5.32 Å². The molecule has 6 nitrogen and oxygen atoms in total. The molecule has 0 aromatic carbocycles. The number of thiazole rings is 1. The molecule has 0 bridgehead atoms. The number of aromatic nitrogens is 2. The summed E-state index contributed by atoms with van der Waals surface area (Å²) in [6, 6.07) is 3.43. The number of esters is 1. The van der Waals surface area contributed by atoms with Crippen molar-refractivity contribution in [1.29, 1.82) is 0 Å². The van der Waals surface area contributed by atoms with Gasteiger partial charge in [-0.15, -0.1) is 11.3 Å². The molecular formula is C12H13N3O3S. The van der Waals surface area contributed by atoms with Crippen molar-refractivity contribution >= 4 is 23.2 Å². The third-order valence-electron chi connectivity index (χ3n) is 2.28. The summed E-state index contributed by atoms with van der Waals surface area (Å²) in [6.07, 6.45) is 1.68. The minimum atomic E-state index is -0.444. The molecule has 0 aliphatic heterocycles. The zero-order valence-electron chi connectivity index (χ0n) is 10.3. The first-order valence-electron chi connectivity index (χ1n) is 5.73. The van der Waals surface area contributed by atoms with Gasteiger partial charge in [0.25, 0.3) is 5.91 Å². The van der Waals surface area contributed by atoms with E-state index in [0.29, 0.717) is 17.3 Å². The van der Waals surface area contributed by atoms with E-state index in [4.69, 9.17) is 4.74 Å². The lowest BCUT2D eigenvalue weighted by Crippen LogP contribution is -2.23. The summed E-state index contributed by atoms with van der Waals surface area (Å²) in [5.74, 6) is -0.654. The van der Waals surface area contributed by atoms with Gasteiger partial charge in [0.05, 0.1) is 13.2 Å². The molecule has 0 saturated heterocycles. The van der Waals surface area contributed by atoms with Crippen molar-refractivity contribution in [3.05, 3.63) is 40.1 Å². The van der Waals surface area contributed by atoms with Crippen LogP contribution in [0, 0.1) is 0 Å². The number of H-pyrrole nitrogens is 1. The number of hydrogen-bond donors (Lipinski definition) is 2. The molecule has 2 aromatic rings. The maximum Gasteiger partial charge on any atom is 0.357 e. The van der Waals surface area contributed by atoms with Gasteiger partial charge in [-0.2, -0.15) is 0 Å². The van der Waals surface area contributed by atoms with Crippen LogP contribution in [-0.4, -0.2) is 28.5 Å². The van der Waals surface area contributed by atoms with Gasteiger partial charge < -0.3 is 15.0 Å². The molecule has 2 N–H and O–H groups in total. The van der Waals surface area contributed by atoms with Gasteiger partial charge in [0.2, 0.25) is 0 Å². The topological polar surface area (TPSA) is 84.1 Å². The lowest BCUT2D eigenvalue weighted by atomic mass is 10.4. The molecule has 19 heavy (non-hydrogen) atoms. The van der Waals surface area contributed by atoms with Crippen molar-refractivity contribution in [1.82, 2.24) is 15.3 Å². The number of aromatic amines is 1. The summed E-state index contributed by atoms with van der Waals surface area (Å²) in [5, 5.41) is 4.99. The fraction of sp³-hybridized carbons (Fsp3) is 0.250. The Balaban J connectivity index is 1.90. The minimum absolute atomic E-state index is 0.210. The normalized spacial score (nSPS) is 10.2. The third kappa shape index (κ3) is 3.41. The molecule has 0 radical (unpaired) electrons. The number of hydrogen-bond acceptors (Lipinski definition) is 5. The number of carbonyl (C=O) groups is 2. The molecule has 7 heteroatoms. The zero-order valence-corrected chi connectivity index (χ0v) is 11.1. The fourth-order valence-corrected chi connectivity index (χ4v) is 2.12. The van der Waals surface area contributed by atoms with E-state index >= 15 is 0 Å². The molecule has 2 aromatic heterocycles. The highest BCUT2D eigenvalue weighted by Crippen LogP contribution is 2.10. The lowest BCUT2D eigenvalue weighted by molar-refractivity contribution is 0.0520. The molecule has 0 spiro atoms. The minimum Gasteiger partial charge on any atom is -0.461 e. The van der Waals surface area contributed by atoms with Crippen LogP contribution in [0.2, 0.25) is 0 Å². The van der Waals surface area contributed by atoms with Gasteiger partial charge in [-0.1, -0.05) is 0 Å². The highest BCUT2D eigenvalue weighted by atomic mass is 32.1. The van der Waals surface area contributed by atoms with Crippen molar-refractivity contribution in [3.8, 4) is 0 Å². The van der Waals surface area contributed by atoms with Gasteiger partial charge in [-0.25, -0.2) is 9.78 Å². The molecule has 0 atom stereocenters. The Morgan fingerprint density at radius 2 is 2.37 bits per heavy atom. The van der Waals surface area contributed by atoms with Crippen LogP contribution in [0.3, 0.4) is 0 Å². The Hall–Kier alpha value is -2.15. The summed E-state index contributed by atoms with van der Waals surface area (Å²) >= 11 is 1.31. The molecule has 0 unspecified atom stereocenters. The molecule has 0 aliphatic carbocycles. The molecule has 2 heterocycles. The SMILES string of the molecule is CCOC(=O)c1csc(CNC(=O)c2ccc[nH]2)n1. The average molecular weight is 279 g/mol. The lowest BCUT2D eigenvalue weighted by Gasteiger charge is -2.00. The predicted molar refractivity (Wildman–Crippen MR) is 70.0 cm³/mol. The molecule has 2 rings (SSSR count). The second-order valence-corrected chi connectivity index (χ2v) is 4.56. The van der Waals surface area contributed by atoms with E-state index < -0.39 is 5.97 Å². The second-order valence-electron chi connectivity index (χ2n) is 3.61. The summed E-state index contributed by atoms with van der Waals surface area (Å²) < 4.78 is 4.84. The van der Waals surface area contributed by atoms with E-state index in [1.54, 1.807) is 30.6 Å². The quantitative estimate of drug-likeness (QED) is 0.814. The summed E-state index contributed by atoms with van der Waals surface area (Å²) in [5.41, 5.74) is 0.762. The van der Waals surface area contributed by atoms with Crippen molar-refractivity contribution in [3.63, 3.8) is 0 Å². The van der Waals surface area contributed by atoms with Crippen LogP contribution in [0.4, 0.5) is 0 Å². The molecule has 0 aliphatic rings. The number of amides is 1. The van der Waals surface area contributed by atoms with E-state index in [1.165, 1.54) is 11.3 Å². The van der Waals surface area contributed by atoms with Crippen LogP contribution in [-0.2, 0) is 11.3 Å². The van der Waals surface area contributed by atoms with E-state index in [1.807, 2.05) is 0 Å². The standard InChI is InChI=1S/C12H13N3O3S/c1-2-18-12(17)9-7-19-10(15-9)6-14-11(16)8-4-3-5-13-8/h3-5,7,13H,2,6H2,1H3,(H,14,16). The monoisotopic (exact) mass is 279 g/mol. The molecule has 0 fully saturated rings. The van der Waals surface area contributed by atoms with Crippen molar-refractivity contribution in [2.24, 2.45) is 0 Å². The van der Waals surface area contributed by atoms with Crippen molar-refractivity contribution in [2.45, 2.75) is 13.5 Å². The Morgan fingerprint density at radius 1 is 1.53 bits per heavy atom. The number of carbonyl (C=O) groups excluding carboxylic acids is 2. The van der Waals surface area contributed by atoms with Crippen LogP contribution in [0.5, 0.6) is 0 Å². The summed E-state index contributed by atoms with van der Waals surface area (Å²) in [7, 11) is 0. The Kier molecular flexibility index (Phi) is 4.30. The van der Waals surface area contributed by atoms with Crippen molar-refractivity contribution in [2.75, 3.05) is 6.61 Å². The molecule has 0 saturated carbocycles. The first-order chi connectivity index (χ1) is 9.20. The first kappa shape index (κ1) is 13.3. The van der Waals surface area contributed by atoms with E-state index in [9.17, 15) is 9.59 Å². The van der Waals surface area contributed by atoms with E-state index in [2.05, 4.69) is 15.3 Å². The zero-order chi connectivity index (χ0) is 13.7. The first-order valence-corrected chi connectivity index (χ1v) is 6.61. The van der Waals surface area contributed by atoms with Crippen LogP contribution in [0.1, 0.15) is 32.9 Å². The second kappa shape index (κ2) is 6.14. The van der Waals surface area contributed by atoms with Gasteiger partial charge in [0, 0.05) is 11.6 Å². The van der Waals surface area contributed by atoms with Gasteiger partial charge in [0.15, 0.2) is 5.69 Å². The Bertz CT molecular complexity index is 563. The number of nitrogens with zero attached hydrogens (tertiary/aromatic N) is 1. The van der Waals surface area contributed by atoms with Crippen molar-refractivity contribution < 1.29 is 14.3 Å². The van der Waals surface area contributed by atoms with Crippen LogP contribution in [0.15, 0.2) is 23.7 Å². The van der Waals surface area contributed by atoms with E-state index in [-0.39, 0.29) is 18.1 Å². The molecule has 1 amide bonds. The Morgan fingerprint density at radius 3 is 3.05 bits per heavy atom. The van der Waals surface area contributed by atoms with Gasteiger partial charge in [-0.3, -0.25) is 4.79 Å². The number of nitrogens with one attached hydrogen (secondary N) is 2. The van der Waals surface area contributed by atoms with Crippen LogP contribution >= 0.6 is 11.3 Å². The average Bonchev–Trinajstić information content (AvgIpc) is 3.07. The Labute approximate surface area is 113 Å². The molecular weight excluding hydrogens is 266 g/mol. The highest BCUT2D eigenvalue weighted by molar-refractivity contribution is 7.09. The van der Waals surface area contributed by atoms with Crippen LogP contribution in [0.25, 0.3) is 0 Å². The summed E-state index contributed by atoms with van der Waals surface area (Å²) in [4.78, 5) is 30.0. The maximum absolute atomic E-state index is 11.7. The third-order valence-corrected chi connectivity index (χ3v) is 3.13. The molecule has 100 valence electrons. The highest BCUT2D eigenvalue weighted by Gasteiger charge is 2.12. The van der Waals surface area contributed by atoms with E-state index in [0.717, 1.165) is 0 Å². The maximum atomic E-state index is 11.7. The predicted octanol–water partition coefficient (Wildman–Crippen LogP) is 1.58. The van der Waals surface area contributed by atoms with Gasteiger partial charge >= 0.3 is 5.97 Å².